The maximum atomic E-state index is 4.14. The monoisotopic (exact) mass is 180 g/mol. The topological polar surface area (TPSA) is 24.4 Å². The number of hydrogen-bond acceptors (Lipinski definition) is 1. The van der Waals surface area contributed by atoms with E-state index in [1.54, 1.807) is 7.05 Å². The maximum absolute atomic E-state index is 4.14. The summed E-state index contributed by atoms with van der Waals surface area (Å²) in [5.74, 6) is 0.940. The van der Waals surface area contributed by atoms with Crippen LogP contribution in [-0.4, -0.2) is 12.9 Å². The molecular weight excluding hydrogens is 160 g/mol. The predicted molar refractivity (Wildman–Crippen MR) is 60.0 cm³/mol. The van der Waals surface area contributed by atoms with Gasteiger partial charge in [0.2, 0.25) is 0 Å². The molecule has 0 aromatic rings. The van der Waals surface area contributed by atoms with Crippen LogP contribution in [0.3, 0.4) is 0 Å². The van der Waals surface area contributed by atoms with E-state index in [-0.39, 0.29) is 0 Å². The highest BCUT2D eigenvalue weighted by Gasteiger charge is 1.94. The summed E-state index contributed by atoms with van der Waals surface area (Å²) in [5, 5.41) is 3.16. The summed E-state index contributed by atoms with van der Waals surface area (Å²) >= 11 is 0. The zero-order valence-corrected chi connectivity index (χ0v) is 9.09. The van der Waals surface area contributed by atoms with E-state index in [1.807, 2.05) is 26.1 Å². The molecule has 0 unspecified atom stereocenters. The van der Waals surface area contributed by atoms with Crippen molar-refractivity contribution in [2.45, 2.75) is 33.6 Å². The van der Waals surface area contributed by atoms with E-state index in [0.29, 0.717) is 0 Å². The van der Waals surface area contributed by atoms with Crippen molar-refractivity contribution in [3.05, 3.63) is 23.9 Å². The molecule has 0 heterocycles. The minimum Gasteiger partial charge on any atom is -0.347 e. The molecule has 13 heavy (non-hydrogen) atoms. The minimum atomic E-state index is 0.940. The molecule has 1 N–H and O–H groups in total. The van der Waals surface area contributed by atoms with Crippen LogP contribution in [0.4, 0.5) is 0 Å². The average Bonchev–Trinajstić information content (AvgIpc) is 2.17. The fourth-order valence-electron chi connectivity index (χ4n) is 0.879. The van der Waals surface area contributed by atoms with E-state index in [0.717, 1.165) is 12.3 Å². The lowest BCUT2D eigenvalue weighted by molar-refractivity contribution is 0.951. The highest BCUT2D eigenvalue weighted by molar-refractivity contribution is 5.98. The van der Waals surface area contributed by atoms with Gasteiger partial charge in [-0.15, -0.1) is 0 Å². The largest absolute Gasteiger partial charge is 0.347 e. The summed E-state index contributed by atoms with van der Waals surface area (Å²) in [6.45, 7) is 6.22. The number of amidine groups is 1. The van der Waals surface area contributed by atoms with Gasteiger partial charge in [0.1, 0.15) is 5.84 Å². The summed E-state index contributed by atoms with van der Waals surface area (Å²) in [7, 11) is 1.79. The molecule has 0 aromatic heterocycles. The second kappa shape index (κ2) is 7.59. The van der Waals surface area contributed by atoms with E-state index in [9.17, 15) is 0 Å². The fraction of sp³-hybridized carbons (Fsp3) is 0.545. The Kier molecular flexibility index (Phi) is 6.98. The lowest BCUT2D eigenvalue weighted by atomic mass is 10.2. The summed E-state index contributed by atoms with van der Waals surface area (Å²) in [6.07, 6.45) is 8.41. The lowest BCUT2D eigenvalue weighted by Gasteiger charge is -2.04. The van der Waals surface area contributed by atoms with E-state index in [2.05, 4.69) is 23.3 Å². The summed E-state index contributed by atoms with van der Waals surface area (Å²) < 4.78 is 0. The van der Waals surface area contributed by atoms with E-state index in [4.69, 9.17) is 0 Å². The molecule has 0 fully saturated rings. The first-order valence-electron chi connectivity index (χ1n) is 4.77. The van der Waals surface area contributed by atoms with Crippen LogP contribution in [-0.2, 0) is 0 Å². The van der Waals surface area contributed by atoms with Crippen molar-refractivity contribution in [1.29, 1.82) is 0 Å². The van der Waals surface area contributed by atoms with Gasteiger partial charge in [0.15, 0.2) is 0 Å². The molecule has 0 bridgehead atoms. The Bertz CT molecular complexity index is 212. The molecule has 0 atom stereocenters. The molecule has 0 aliphatic carbocycles. The maximum Gasteiger partial charge on any atom is 0.127 e. The summed E-state index contributed by atoms with van der Waals surface area (Å²) in [5.41, 5.74) is 1.17. The van der Waals surface area contributed by atoms with Crippen LogP contribution >= 0.6 is 0 Å². The Labute approximate surface area is 81.5 Å². The number of nitrogens with one attached hydrogen (secondary N) is 1. The average molecular weight is 180 g/mol. The molecule has 0 rings (SSSR count). The third kappa shape index (κ3) is 5.23. The van der Waals surface area contributed by atoms with E-state index < -0.39 is 0 Å². The van der Waals surface area contributed by atoms with Crippen LogP contribution in [0.2, 0.25) is 0 Å². The van der Waals surface area contributed by atoms with Crippen molar-refractivity contribution in [3.63, 3.8) is 0 Å². The number of hydrogen-bond donors (Lipinski definition) is 1. The normalized spacial score (nSPS) is 13.8. The van der Waals surface area contributed by atoms with Gasteiger partial charge < -0.3 is 5.32 Å². The number of rotatable bonds is 4. The third-order valence-corrected chi connectivity index (χ3v) is 1.82. The summed E-state index contributed by atoms with van der Waals surface area (Å²) in [6, 6.07) is 0. The molecule has 0 amide bonds. The van der Waals surface area contributed by atoms with Gasteiger partial charge in [0.25, 0.3) is 0 Å². The Morgan fingerprint density at radius 3 is 2.62 bits per heavy atom. The van der Waals surface area contributed by atoms with Crippen molar-refractivity contribution < 1.29 is 0 Å². The van der Waals surface area contributed by atoms with Gasteiger partial charge in [-0.3, -0.25) is 4.99 Å². The molecule has 0 aromatic carbocycles. The van der Waals surface area contributed by atoms with Crippen LogP contribution in [0.1, 0.15) is 33.6 Å². The van der Waals surface area contributed by atoms with Gasteiger partial charge >= 0.3 is 0 Å². The molecule has 2 heteroatoms. The fourth-order valence-corrected chi connectivity index (χ4v) is 0.879. The quantitative estimate of drug-likeness (QED) is 0.522. The van der Waals surface area contributed by atoms with Gasteiger partial charge in [0, 0.05) is 7.05 Å². The molecule has 2 nitrogen and oxygen atoms in total. The standard InChI is InChI=1S/C11H20N2/c1-5-7-8-9-13-11(12-4)10(3)6-2/h6,8-9H,5,7H2,1-4H3,(H,12,13)/b9-8+,10-6-. The lowest BCUT2D eigenvalue weighted by Crippen LogP contribution is -2.18. The molecule has 0 aliphatic rings. The van der Waals surface area contributed by atoms with Gasteiger partial charge in [-0.1, -0.05) is 25.5 Å². The number of allylic oxidation sites excluding steroid dienone is 2. The SMILES string of the molecule is C/C=C(/C)C(=NC)N/C=C/CCC. The van der Waals surface area contributed by atoms with Crippen LogP contribution in [0.15, 0.2) is 28.9 Å². The second-order valence-electron chi connectivity index (χ2n) is 2.88. The predicted octanol–water partition coefficient (Wildman–Crippen LogP) is 2.88. The molecular formula is C11H20N2. The first-order chi connectivity index (χ1) is 6.26. The number of nitrogens with zero attached hydrogens (tertiary/aromatic N) is 1. The number of unbranched alkanes of at least 4 members (excludes halogenated alkanes) is 1. The first kappa shape index (κ1) is 11.9. The van der Waals surface area contributed by atoms with Crippen molar-refractivity contribution in [1.82, 2.24) is 5.32 Å². The van der Waals surface area contributed by atoms with Gasteiger partial charge in [-0.05, 0) is 32.0 Å². The van der Waals surface area contributed by atoms with E-state index in [1.165, 1.54) is 12.0 Å². The highest BCUT2D eigenvalue weighted by atomic mass is 15.0. The van der Waals surface area contributed by atoms with Crippen molar-refractivity contribution >= 4 is 5.84 Å². The van der Waals surface area contributed by atoms with Gasteiger partial charge in [-0.2, -0.15) is 0 Å². The van der Waals surface area contributed by atoms with Gasteiger partial charge in [0.05, 0.1) is 0 Å². The molecule has 0 spiro atoms. The van der Waals surface area contributed by atoms with Crippen LogP contribution < -0.4 is 5.32 Å². The molecule has 0 aliphatic heterocycles. The number of aliphatic imine (C=N–C) groups is 1. The Hall–Kier alpha value is -1.05. The molecule has 74 valence electrons. The van der Waals surface area contributed by atoms with Crippen molar-refractivity contribution in [3.8, 4) is 0 Å². The second-order valence-corrected chi connectivity index (χ2v) is 2.88. The van der Waals surface area contributed by atoms with Gasteiger partial charge in [-0.25, -0.2) is 0 Å². The molecule has 0 saturated carbocycles. The smallest absolute Gasteiger partial charge is 0.127 e. The Morgan fingerprint density at radius 2 is 2.15 bits per heavy atom. The van der Waals surface area contributed by atoms with Crippen molar-refractivity contribution in [2.75, 3.05) is 7.05 Å². The van der Waals surface area contributed by atoms with Crippen molar-refractivity contribution in [2.24, 2.45) is 4.99 Å². The van der Waals surface area contributed by atoms with E-state index >= 15 is 0 Å². The zero-order chi connectivity index (χ0) is 10.1. The molecule has 0 saturated heterocycles. The Morgan fingerprint density at radius 1 is 1.46 bits per heavy atom. The van der Waals surface area contributed by atoms with Crippen LogP contribution in [0, 0.1) is 0 Å². The minimum absolute atomic E-state index is 0.940. The highest BCUT2D eigenvalue weighted by Crippen LogP contribution is 1.94. The zero-order valence-electron chi connectivity index (χ0n) is 9.09. The first-order valence-corrected chi connectivity index (χ1v) is 4.77. The van der Waals surface area contributed by atoms with Crippen LogP contribution in [0.25, 0.3) is 0 Å². The Balaban J connectivity index is 4.02. The molecule has 0 radical (unpaired) electrons. The summed E-state index contributed by atoms with van der Waals surface area (Å²) in [4.78, 5) is 4.14. The third-order valence-electron chi connectivity index (χ3n) is 1.82. The van der Waals surface area contributed by atoms with Crippen LogP contribution in [0.5, 0.6) is 0 Å².